The second-order valence-electron chi connectivity index (χ2n) is 9.33. The number of aromatic hydroxyl groups is 1. The summed E-state index contributed by atoms with van der Waals surface area (Å²) in [5, 5.41) is 28.6. The molecular weight excluding hydrogens is 525 g/mol. The van der Waals surface area contributed by atoms with Crippen molar-refractivity contribution in [2.45, 2.75) is 38.5 Å². The van der Waals surface area contributed by atoms with Gasteiger partial charge in [-0.2, -0.15) is 0 Å². The van der Waals surface area contributed by atoms with Crippen LogP contribution in [0.15, 0.2) is 71.5 Å². The molecule has 38 heavy (non-hydrogen) atoms. The summed E-state index contributed by atoms with van der Waals surface area (Å²) in [6, 6.07) is 19.3. The van der Waals surface area contributed by atoms with Crippen molar-refractivity contribution in [2.24, 2.45) is 0 Å². The zero-order chi connectivity index (χ0) is 27.2. The minimum atomic E-state index is -0.823. The monoisotopic (exact) mass is 553 g/mol. The number of aromatic nitrogens is 1. The lowest BCUT2D eigenvalue weighted by molar-refractivity contribution is -0.120. The van der Waals surface area contributed by atoms with Gasteiger partial charge in [-0.25, -0.2) is 0 Å². The smallest absolute Gasteiger partial charge is 0.248 e. The lowest BCUT2D eigenvalue weighted by Crippen LogP contribution is -2.32. The normalized spacial score (nSPS) is 12.8. The number of amides is 1. The van der Waals surface area contributed by atoms with Gasteiger partial charge in [0.2, 0.25) is 11.5 Å². The molecule has 4 rings (SSSR count). The number of carbonyl (C=O) groups is 1. The van der Waals surface area contributed by atoms with Crippen molar-refractivity contribution in [1.82, 2.24) is 15.6 Å². The Morgan fingerprint density at radius 3 is 2.39 bits per heavy atom. The van der Waals surface area contributed by atoms with Gasteiger partial charge in [0.05, 0.1) is 28.1 Å². The van der Waals surface area contributed by atoms with Crippen LogP contribution < -0.4 is 16.2 Å². The van der Waals surface area contributed by atoms with Gasteiger partial charge >= 0.3 is 0 Å². The van der Waals surface area contributed by atoms with E-state index < -0.39 is 6.10 Å². The van der Waals surface area contributed by atoms with Crippen LogP contribution in [-0.4, -0.2) is 33.7 Å². The van der Waals surface area contributed by atoms with Gasteiger partial charge in [-0.1, -0.05) is 59.6 Å². The van der Waals surface area contributed by atoms with Crippen molar-refractivity contribution in [3.8, 4) is 5.75 Å². The van der Waals surface area contributed by atoms with E-state index in [2.05, 4.69) is 15.6 Å². The Balaban J connectivity index is 1.26. The average molecular weight is 554 g/mol. The highest BCUT2D eigenvalue weighted by atomic mass is 35.5. The van der Waals surface area contributed by atoms with Crippen LogP contribution in [0.3, 0.4) is 0 Å². The first-order valence-corrected chi connectivity index (χ1v) is 13.0. The third-order valence-corrected chi connectivity index (χ3v) is 7.07. The van der Waals surface area contributed by atoms with Crippen LogP contribution in [0.4, 0.5) is 0 Å². The third kappa shape index (κ3) is 7.14. The van der Waals surface area contributed by atoms with Gasteiger partial charge in [0.25, 0.3) is 0 Å². The zero-order valence-electron chi connectivity index (χ0n) is 20.8. The van der Waals surface area contributed by atoms with Crippen molar-refractivity contribution >= 4 is 40.0 Å². The van der Waals surface area contributed by atoms with E-state index in [1.165, 1.54) is 12.1 Å². The molecule has 1 amide bonds. The van der Waals surface area contributed by atoms with E-state index >= 15 is 0 Å². The number of pyridine rings is 1. The topological polar surface area (TPSA) is 114 Å². The summed E-state index contributed by atoms with van der Waals surface area (Å²) in [6.07, 6.45) is 0.185. The molecule has 5 N–H and O–H groups in total. The number of aliphatic hydroxyl groups is 1. The number of phenols is 1. The van der Waals surface area contributed by atoms with Crippen LogP contribution in [0.5, 0.6) is 5.75 Å². The number of phenolic OH excluding ortho intramolecular Hbond substituents is 1. The van der Waals surface area contributed by atoms with E-state index in [1.807, 2.05) is 37.3 Å². The number of aromatic amines is 1. The number of rotatable bonds is 10. The largest absolute Gasteiger partial charge is 0.506 e. The summed E-state index contributed by atoms with van der Waals surface area (Å²) >= 11 is 12.0. The molecule has 0 aliphatic carbocycles. The van der Waals surface area contributed by atoms with E-state index in [-0.39, 0.29) is 29.7 Å². The molecule has 0 unspecified atom stereocenters. The Morgan fingerprint density at radius 2 is 1.66 bits per heavy atom. The van der Waals surface area contributed by atoms with Crippen molar-refractivity contribution < 1.29 is 15.0 Å². The van der Waals surface area contributed by atoms with E-state index in [0.29, 0.717) is 39.6 Å². The molecule has 3 aromatic carbocycles. The van der Waals surface area contributed by atoms with Crippen LogP contribution in [-0.2, 0) is 24.2 Å². The van der Waals surface area contributed by atoms with E-state index in [9.17, 15) is 19.8 Å². The number of aliphatic hydroxyl groups excluding tert-OH is 1. The Labute approximate surface area is 230 Å². The Bertz CT molecular complexity index is 1490. The summed E-state index contributed by atoms with van der Waals surface area (Å²) in [7, 11) is 0. The molecule has 7 nitrogen and oxygen atoms in total. The van der Waals surface area contributed by atoms with Crippen molar-refractivity contribution in [3.63, 3.8) is 0 Å². The summed E-state index contributed by atoms with van der Waals surface area (Å²) in [5.41, 5.74) is 3.51. The molecule has 0 aliphatic rings. The fourth-order valence-corrected chi connectivity index (χ4v) is 4.61. The van der Waals surface area contributed by atoms with Crippen LogP contribution in [0, 0.1) is 0 Å². The minimum Gasteiger partial charge on any atom is -0.506 e. The molecule has 0 aliphatic heterocycles. The number of hydrogen-bond acceptors (Lipinski definition) is 5. The Morgan fingerprint density at radius 1 is 0.947 bits per heavy atom. The van der Waals surface area contributed by atoms with E-state index in [0.717, 1.165) is 23.1 Å². The van der Waals surface area contributed by atoms with E-state index in [1.54, 1.807) is 24.3 Å². The van der Waals surface area contributed by atoms with Gasteiger partial charge in [0, 0.05) is 30.6 Å². The fraction of sp³-hybridized carbons (Fsp3) is 0.241. The highest BCUT2D eigenvalue weighted by Crippen LogP contribution is 2.28. The second kappa shape index (κ2) is 12.5. The quantitative estimate of drug-likeness (QED) is 0.196. The Kier molecular flexibility index (Phi) is 9.07. The van der Waals surface area contributed by atoms with Crippen molar-refractivity contribution in [2.75, 3.05) is 6.54 Å². The molecule has 1 aromatic heterocycles. The number of carbonyl (C=O) groups excluding carboxylic acids is 1. The first-order chi connectivity index (χ1) is 18.2. The van der Waals surface area contributed by atoms with Crippen LogP contribution in [0.1, 0.15) is 35.3 Å². The van der Waals surface area contributed by atoms with Gasteiger partial charge < -0.3 is 25.8 Å². The number of fused-ring (bicyclic) bond motifs is 1. The molecule has 1 heterocycles. The average Bonchev–Trinajstić information content (AvgIpc) is 2.89. The highest BCUT2D eigenvalue weighted by Gasteiger charge is 2.15. The summed E-state index contributed by atoms with van der Waals surface area (Å²) in [6.45, 7) is 2.71. The summed E-state index contributed by atoms with van der Waals surface area (Å²) in [4.78, 5) is 26.6. The van der Waals surface area contributed by atoms with Gasteiger partial charge in [-0.15, -0.1) is 0 Å². The molecular formula is C29H29Cl2N3O4. The molecule has 0 bridgehead atoms. The number of halogens is 2. The molecule has 4 aromatic rings. The van der Waals surface area contributed by atoms with Gasteiger partial charge in [-0.3, -0.25) is 9.59 Å². The SMILES string of the molecule is C[C@H](Cc1ccc(CC(=O)NCc2ccc(Cl)c(Cl)c2)cc1)NC[C@@H](O)c1ccc(O)c2[nH]c(=O)ccc12. The number of H-pyrrole nitrogens is 1. The van der Waals surface area contributed by atoms with Crippen molar-refractivity contribution in [1.29, 1.82) is 0 Å². The van der Waals surface area contributed by atoms with Gasteiger partial charge in [0.1, 0.15) is 5.75 Å². The highest BCUT2D eigenvalue weighted by molar-refractivity contribution is 6.42. The number of benzene rings is 3. The number of hydrogen-bond donors (Lipinski definition) is 5. The maximum atomic E-state index is 12.3. The maximum absolute atomic E-state index is 12.3. The first-order valence-electron chi connectivity index (χ1n) is 12.2. The Hall–Kier alpha value is -3.36. The first kappa shape index (κ1) is 27.7. The lowest BCUT2D eigenvalue weighted by Gasteiger charge is -2.19. The zero-order valence-corrected chi connectivity index (χ0v) is 22.3. The standard InChI is InChI=1S/C29H29Cl2N3O4/c1-17(32-16-26(36)21-7-10-25(35)29-22(21)8-11-27(37)34-29)12-18-2-4-19(5-3-18)14-28(38)33-15-20-6-9-23(30)24(31)13-20/h2-11,13,17,26,32,35-36H,12,14-16H2,1H3,(H,33,38)(H,34,37)/t17-,26-/m1/s1. The van der Waals surface area contributed by atoms with Crippen molar-refractivity contribution in [3.05, 3.63) is 109 Å². The fourth-order valence-electron chi connectivity index (χ4n) is 4.29. The molecule has 2 atom stereocenters. The number of nitrogens with one attached hydrogen (secondary N) is 3. The van der Waals surface area contributed by atoms with Crippen LogP contribution in [0.2, 0.25) is 10.0 Å². The molecule has 9 heteroatoms. The van der Waals surface area contributed by atoms with Gasteiger partial charge in [-0.05, 0) is 59.9 Å². The van der Waals surface area contributed by atoms with Crippen LogP contribution in [0.25, 0.3) is 10.9 Å². The minimum absolute atomic E-state index is 0.0395. The predicted octanol–water partition coefficient (Wildman–Crippen LogP) is 4.65. The second-order valence-corrected chi connectivity index (χ2v) is 10.1. The summed E-state index contributed by atoms with van der Waals surface area (Å²) in [5.74, 6) is -0.124. The molecule has 0 saturated carbocycles. The molecule has 0 spiro atoms. The molecule has 198 valence electrons. The third-order valence-electron chi connectivity index (χ3n) is 6.33. The molecule has 0 saturated heterocycles. The molecule has 0 fully saturated rings. The van der Waals surface area contributed by atoms with E-state index in [4.69, 9.17) is 23.2 Å². The van der Waals surface area contributed by atoms with Gasteiger partial charge in [0.15, 0.2) is 0 Å². The van der Waals surface area contributed by atoms with Crippen LogP contribution >= 0.6 is 23.2 Å². The summed E-state index contributed by atoms with van der Waals surface area (Å²) < 4.78 is 0. The lowest BCUT2D eigenvalue weighted by atomic mass is 10.0. The predicted molar refractivity (Wildman–Crippen MR) is 151 cm³/mol. The molecule has 0 radical (unpaired) electrons. The maximum Gasteiger partial charge on any atom is 0.248 e.